The van der Waals surface area contributed by atoms with Crippen molar-refractivity contribution in [3.63, 3.8) is 0 Å². The molecule has 1 aromatic carbocycles. The van der Waals surface area contributed by atoms with Gasteiger partial charge < -0.3 is 15.1 Å². The topological polar surface area (TPSA) is 68.8 Å². The third-order valence-corrected chi connectivity index (χ3v) is 9.58. The molecule has 3 fully saturated rings. The summed E-state index contributed by atoms with van der Waals surface area (Å²) in [7, 11) is 4.35. The molecule has 1 aromatic heterocycles. The van der Waals surface area contributed by atoms with Crippen molar-refractivity contribution in [2.45, 2.75) is 61.0 Å². The van der Waals surface area contributed by atoms with Crippen LogP contribution in [0.5, 0.6) is 0 Å². The van der Waals surface area contributed by atoms with Gasteiger partial charge in [-0.3, -0.25) is 9.69 Å². The quantitative estimate of drug-likeness (QED) is 0.493. The van der Waals surface area contributed by atoms with Crippen LogP contribution in [0.1, 0.15) is 50.5 Å². The van der Waals surface area contributed by atoms with E-state index in [1.165, 1.54) is 36.6 Å². The number of nitrogens with zero attached hydrogens (tertiary/aromatic N) is 4. The molecule has 1 N–H and O–H groups in total. The van der Waals surface area contributed by atoms with E-state index in [0.29, 0.717) is 18.3 Å². The fourth-order valence-corrected chi connectivity index (χ4v) is 6.87. The summed E-state index contributed by atoms with van der Waals surface area (Å²) in [6.45, 7) is 1.49. The average molecular weight is 522 g/mol. The summed E-state index contributed by atoms with van der Waals surface area (Å²) in [5.41, 5.74) is 1.11. The molecule has 0 atom stereocenters. The minimum atomic E-state index is -0.210. The van der Waals surface area contributed by atoms with Gasteiger partial charge in [0.2, 0.25) is 5.91 Å². The lowest BCUT2D eigenvalue weighted by Gasteiger charge is -2.51. The van der Waals surface area contributed by atoms with Crippen LogP contribution in [0, 0.1) is 5.92 Å². The van der Waals surface area contributed by atoms with Gasteiger partial charge in [0.15, 0.2) is 0 Å². The van der Waals surface area contributed by atoms with Crippen molar-refractivity contribution < 1.29 is 9.59 Å². The maximum Gasteiger partial charge on any atom is 0.321 e. The molecular weight excluding hydrogens is 482 g/mol. The minimum absolute atomic E-state index is 0.0185. The van der Waals surface area contributed by atoms with E-state index >= 15 is 0 Å². The van der Waals surface area contributed by atoms with Crippen molar-refractivity contribution >= 4 is 29.5 Å². The number of anilines is 1. The number of thioether (sulfide) groups is 1. The molecule has 3 aliphatic rings. The van der Waals surface area contributed by atoms with Crippen LogP contribution < -0.4 is 5.32 Å². The first-order valence-corrected chi connectivity index (χ1v) is 14.7. The molecule has 0 unspecified atom stereocenters. The van der Waals surface area contributed by atoms with Crippen LogP contribution in [0.15, 0.2) is 53.6 Å². The molecule has 198 valence electrons. The van der Waals surface area contributed by atoms with E-state index in [4.69, 9.17) is 0 Å². The van der Waals surface area contributed by atoms with Gasteiger partial charge in [-0.15, -0.1) is 11.8 Å². The lowest BCUT2D eigenvalue weighted by atomic mass is 9.68. The van der Waals surface area contributed by atoms with E-state index in [2.05, 4.69) is 64.5 Å². The summed E-state index contributed by atoms with van der Waals surface area (Å²) in [4.78, 5) is 37.5. The average Bonchev–Trinajstić information content (AvgIpc) is 3.12. The predicted octanol–water partition coefficient (Wildman–Crippen LogP) is 5.05. The second kappa shape index (κ2) is 10.7. The minimum Gasteiger partial charge on any atom is -0.317 e. The molecule has 0 radical (unpaired) electrons. The van der Waals surface area contributed by atoms with E-state index in [1.54, 1.807) is 11.0 Å². The number of rotatable bonds is 8. The Bertz CT molecular complexity index is 1110. The molecule has 2 saturated carbocycles. The molecule has 2 heterocycles. The zero-order chi connectivity index (χ0) is 26.0. The number of aromatic nitrogens is 1. The summed E-state index contributed by atoms with van der Waals surface area (Å²) in [5, 5.41) is 3.75. The SMILES string of the molecule is CSc1cccc(NC(=O)CN2C[C@]3(CC[C@](c4ccccc4)(N(C)C)CC3)N(CC3CCC3)C2=O)n1. The van der Waals surface area contributed by atoms with Gasteiger partial charge in [-0.1, -0.05) is 42.8 Å². The molecule has 1 saturated heterocycles. The Morgan fingerprint density at radius 3 is 2.43 bits per heavy atom. The lowest BCUT2D eigenvalue weighted by molar-refractivity contribution is -0.116. The summed E-state index contributed by atoms with van der Waals surface area (Å²) in [6, 6.07) is 16.4. The fraction of sp³-hybridized carbons (Fsp3) is 0.552. The van der Waals surface area contributed by atoms with Gasteiger partial charge in [-0.05, 0) is 82.5 Å². The molecule has 7 nitrogen and oxygen atoms in total. The van der Waals surface area contributed by atoms with Crippen LogP contribution in [0.4, 0.5) is 10.6 Å². The van der Waals surface area contributed by atoms with Gasteiger partial charge in [0.25, 0.3) is 0 Å². The first kappa shape index (κ1) is 26.0. The number of hydrogen-bond acceptors (Lipinski definition) is 5. The van der Waals surface area contributed by atoms with Gasteiger partial charge in [0.05, 0.1) is 10.6 Å². The maximum absolute atomic E-state index is 13.8. The largest absolute Gasteiger partial charge is 0.321 e. The molecule has 5 rings (SSSR count). The number of carbonyl (C=O) groups is 2. The highest BCUT2D eigenvalue weighted by molar-refractivity contribution is 7.98. The van der Waals surface area contributed by atoms with E-state index in [9.17, 15) is 9.59 Å². The summed E-state index contributed by atoms with van der Waals surface area (Å²) in [6.07, 6.45) is 9.47. The highest BCUT2D eigenvalue weighted by Crippen LogP contribution is 2.49. The second-order valence-electron chi connectivity index (χ2n) is 11.2. The first-order chi connectivity index (χ1) is 17.8. The van der Waals surface area contributed by atoms with Crippen LogP contribution in [0.2, 0.25) is 0 Å². The standard InChI is InChI=1S/C29H39N5O2S/c1-32(2)29(23-11-5-4-6-12-23)17-15-28(16-18-29)21-33(27(36)34(28)19-22-9-7-10-22)20-25(35)30-24-13-8-14-26(31-24)37-3/h4-6,8,11-14,22H,7,9-10,15-21H2,1-3H3,(H,30,31,35)/t28-,29+. The Kier molecular flexibility index (Phi) is 7.50. The highest BCUT2D eigenvalue weighted by atomic mass is 32.2. The van der Waals surface area contributed by atoms with Crippen LogP contribution in [-0.2, 0) is 10.3 Å². The summed E-state index contributed by atoms with van der Waals surface area (Å²) >= 11 is 1.53. The van der Waals surface area contributed by atoms with Crippen molar-refractivity contribution in [3.05, 3.63) is 54.1 Å². The zero-order valence-corrected chi connectivity index (χ0v) is 23.1. The maximum atomic E-state index is 13.8. The highest BCUT2D eigenvalue weighted by Gasteiger charge is 2.55. The third kappa shape index (κ3) is 5.10. The molecule has 3 amide bonds. The fourth-order valence-electron chi connectivity index (χ4n) is 6.46. The van der Waals surface area contributed by atoms with E-state index < -0.39 is 0 Å². The Balaban J connectivity index is 1.33. The first-order valence-electron chi connectivity index (χ1n) is 13.5. The lowest BCUT2D eigenvalue weighted by Crippen LogP contribution is -2.56. The van der Waals surface area contributed by atoms with Gasteiger partial charge in [0, 0.05) is 18.6 Å². The van der Waals surface area contributed by atoms with Gasteiger partial charge in [-0.2, -0.15) is 0 Å². The number of urea groups is 1. The Hall–Kier alpha value is -2.58. The van der Waals surface area contributed by atoms with Crippen molar-refractivity contribution in [2.75, 3.05) is 45.3 Å². The van der Waals surface area contributed by atoms with Crippen molar-refractivity contribution in [3.8, 4) is 0 Å². The van der Waals surface area contributed by atoms with Gasteiger partial charge in [0.1, 0.15) is 12.4 Å². The summed E-state index contributed by atoms with van der Waals surface area (Å²) in [5.74, 6) is 0.922. The predicted molar refractivity (Wildman–Crippen MR) is 149 cm³/mol. The smallest absolute Gasteiger partial charge is 0.317 e. The molecule has 2 aliphatic carbocycles. The number of pyridine rings is 1. The number of hydrogen-bond donors (Lipinski definition) is 1. The van der Waals surface area contributed by atoms with Crippen molar-refractivity contribution in [2.24, 2.45) is 5.92 Å². The number of amides is 3. The van der Waals surface area contributed by atoms with Crippen LogP contribution in [0.3, 0.4) is 0 Å². The molecule has 2 aromatic rings. The zero-order valence-electron chi connectivity index (χ0n) is 22.3. The van der Waals surface area contributed by atoms with Crippen LogP contribution in [0.25, 0.3) is 0 Å². The third-order valence-electron chi connectivity index (χ3n) is 8.93. The van der Waals surface area contributed by atoms with Gasteiger partial charge in [-0.25, -0.2) is 9.78 Å². The van der Waals surface area contributed by atoms with E-state index in [0.717, 1.165) is 37.3 Å². The molecule has 0 bridgehead atoms. The Morgan fingerprint density at radius 2 is 1.81 bits per heavy atom. The Labute approximate surface area is 225 Å². The molecule has 1 aliphatic heterocycles. The number of benzene rings is 1. The summed E-state index contributed by atoms with van der Waals surface area (Å²) < 4.78 is 0. The van der Waals surface area contributed by atoms with Crippen molar-refractivity contribution in [1.29, 1.82) is 0 Å². The number of nitrogens with one attached hydrogen (secondary N) is 1. The van der Waals surface area contributed by atoms with E-state index in [-0.39, 0.29) is 29.6 Å². The van der Waals surface area contributed by atoms with Crippen molar-refractivity contribution in [1.82, 2.24) is 19.7 Å². The van der Waals surface area contributed by atoms with Crippen LogP contribution >= 0.6 is 11.8 Å². The molecule has 8 heteroatoms. The number of carbonyl (C=O) groups excluding carboxylic acids is 2. The van der Waals surface area contributed by atoms with Gasteiger partial charge >= 0.3 is 6.03 Å². The Morgan fingerprint density at radius 1 is 1.08 bits per heavy atom. The normalized spacial score (nSPS) is 26.1. The molecular formula is C29H39N5O2S. The molecule has 37 heavy (non-hydrogen) atoms. The monoisotopic (exact) mass is 521 g/mol. The second-order valence-corrected chi connectivity index (χ2v) is 12.0. The van der Waals surface area contributed by atoms with E-state index in [1.807, 2.05) is 18.4 Å². The molecule has 1 spiro atoms. The van der Waals surface area contributed by atoms with Crippen LogP contribution in [-0.4, -0.2) is 77.1 Å².